The molecule has 2 rings (SSSR count). The highest BCUT2D eigenvalue weighted by atomic mass is 32.2. The highest BCUT2D eigenvalue weighted by Gasteiger charge is 2.22. The van der Waals surface area contributed by atoms with Crippen molar-refractivity contribution in [2.24, 2.45) is 0 Å². The number of nitro benzene ring substituents is 1. The summed E-state index contributed by atoms with van der Waals surface area (Å²) in [6.45, 7) is 5.14. The number of sulfonamides is 1. The van der Waals surface area contributed by atoms with Crippen molar-refractivity contribution in [1.29, 1.82) is 0 Å². The van der Waals surface area contributed by atoms with E-state index in [4.69, 9.17) is 0 Å². The van der Waals surface area contributed by atoms with E-state index < -0.39 is 20.9 Å². The number of benzene rings is 2. The van der Waals surface area contributed by atoms with Crippen LogP contribution in [0.15, 0.2) is 41.3 Å². The summed E-state index contributed by atoms with van der Waals surface area (Å²) in [5, 5.41) is 10.7. The van der Waals surface area contributed by atoms with Gasteiger partial charge in [-0.15, -0.1) is 0 Å². The topological polar surface area (TPSA) is 106 Å². The van der Waals surface area contributed by atoms with Crippen LogP contribution in [0.25, 0.3) is 0 Å². The molecule has 0 aromatic heterocycles. The zero-order valence-corrected chi connectivity index (χ0v) is 14.2. The van der Waals surface area contributed by atoms with E-state index in [9.17, 15) is 23.3 Å². The Kier molecular flexibility index (Phi) is 4.70. The van der Waals surface area contributed by atoms with E-state index in [0.717, 1.165) is 29.3 Å². The summed E-state index contributed by atoms with van der Waals surface area (Å²) in [4.78, 5) is 22.1. The summed E-state index contributed by atoms with van der Waals surface area (Å²) in [6.07, 6.45) is 0. The SMILES string of the molecule is Cc1ccc(C(=O)NS(=O)(=O)c2ccc([N+](=O)[O-])cc2C)cc1C. The van der Waals surface area contributed by atoms with Crippen LogP contribution in [0.5, 0.6) is 0 Å². The molecule has 0 unspecified atom stereocenters. The molecule has 0 aliphatic rings. The second-order valence-electron chi connectivity index (χ2n) is 5.44. The summed E-state index contributed by atoms with van der Waals surface area (Å²) in [7, 11) is -4.13. The number of amides is 1. The van der Waals surface area contributed by atoms with Gasteiger partial charge in [0.1, 0.15) is 0 Å². The Balaban J connectivity index is 2.32. The Hall–Kier alpha value is -2.74. The summed E-state index contributed by atoms with van der Waals surface area (Å²) in [5.41, 5.74) is 2.05. The average molecular weight is 348 g/mol. The van der Waals surface area contributed by atoms with Crippen LogP contribution in [0.4, 0.5) is 5.69 Å². The van der Waals surface area contributed by atoms with Gasteiger partial charge in [-0.25, -0.2) is 13.1 Å². The molecule has 126 valence electrons. The molecule has 24 heavy (non-hydrogen) atoms. The monoisotopic (exact) mass is 348 g/mol. The van der Waals surface area contributed by atoms with Crippen molar-refractivity contribution in [2.75, 3.05) is 0 Å². The Morgan fingerprint density at radius 3 is 2.21 bits per heavy atom. The number of nitrogens with zero attached hydrogens (tertiary/aromatic N) is 1. The van der Waals surface area contributed by atoms with Crippen molar-refractivity contribution < 1.29 is 18.1 Å². The lowest BCUT2D eigenvalue weighted by Crippen LogP contribution is -2.31. The lowest BCUT2D eigenvalue weighted by molar-refractivity contribution is -0.385. The van der Waals surface area contributed by atoms with E-state index in [1.54, 1.807) is 12.1 Å². The van der Waals surface area contributed by atoms with E-state index >= 15 is 0 Å². The van der Waals surface area contributed by atoms with Gasteiger partial charge in [-0.3, -0.25) is 14.9 Å². The van der Waals surface area contributed by atoms with Crippen LogP contribution in [0, 0.1) is 30.9 Å². The summed E-state index contributed by atoms with van der Waals surface area (Å²) >= 11 is 0. The van der Waals surface area contributed by atoms with E-state index in [1.807, 2.05) is 18.6 Å². The lowest BCUT2D eigenvalue weighted by atomic mass is 10.1. The van der Waals surface area contributed by atoms with Gasteiger partial charge in [-0.05, 0) is 55.7 Å². The minimum Gasteiger partial charge on any atom is -0.268 e. The zero-order valence-electron chi connectivity index (χ0n) is 13.4. The van der Waals surface area contributed by atoms with Gasteiger partial charge in [0.05, 0.1) is 9.82 Å². The van der Waals surface area contributed by atoms with Crippen LogP contribution >= 0.6 is 0 Å². The van der Waals surface area contributed by atoms with Crippen molar-refractivity contribution >= 4 is 21.6 Å². The molecule has 0 heterocycles. The smallest absolute Gasteiger partial charge is 0.268 e. The first-order chi connectivity index (χ1) is 11.1. The van der Waals surface area contributed by atoms with E-state index in [-0.39, 0.29) is 21.7 Å². The molecule has 0 saturated carbocycles. The molecule has 0 radical (unpaired) electrons. The Morgan fingerprint density at radius 1 is 1.00 bits per heavy atom. The van der Waals surface area contributed by atoms with E-state index in [0.29, 0.717) is 0 Å². The maximum atomic E-state index is 12.4. The third-order valence-electron chi connectivity index (χ3n) is 3.66. The highest BCUT2D eigenvalue weighted by molar-refractivity contribution is 7.90. The van der Waals surface area contributed by atoms with Crippen molar-refractivity contribution in [3.05, 3.63) is 68.8 Å². The normalized spacial score (nSPS) is 11.1. The first kappa shape index (κ1) is 17.6. The zero-order chi connectivity index (χ0) is 18.1. The lowest BCUT2D eigenvalue weighted by Gasteiger charge is -2.10. The van der Waals surface area contributed by atoms with Crippen LogP contribution in [0.2, 0.25) is 0 Å². The number of carbonyl (C=O) groups excluding carboxylic acids is 1. The molecule has 1 amide bonds. The third-order valence-corrected chi connectivity index (χ3v) is 5.15. The van der Waals surface area contributed by atoms with Crippen LogP contribution < -0.4 is 4.72 Å². The fourth-order valence-corrected chi connectivity index (χ4v) is 3.37. The first-order valence-electron chi connectivity index (χ1n) is 7.01. The molecule has 0 fully saturated rings. The number of nitrogens with one attached hydrogen (secondary N) is 1. The average Bonchev–Trinajstić information content (AvgIpc) is 2.49. The third kappa shape index (κ3) is 3.60. The molecule has 2 aromatic rings. The Bertz CT molecular complexity index is 935. The predicted molar refractivity (Wildman–Crippen MR) is 88.4 cm³/mol. The number of nitro groups is 1. The van der Waals surface area contributed by atoms with Gasteiger partial charge in [-0.1, -0.05) is 6.07 Å². The van der Waals surface area contributed by atoms with Crippen LogP contribution in [0.1, 0.15) is 27.0 Å². The quantitative estimate of drug-likeness (QED) is 0.675. The number of non-ortho nitro benzene ring substituents is 1. The van der Waals surface area contributed by atoms with Gasteiger partial charge in [0.15, 0.2) is 0 Å². The summed E-state index contributed by atoms with van der Waals surface area (Å²) in [6, 6.07) is 8.22. The van der Waals surface area contributed by atoms with Crippen molar-refractivity contribution in [3.63, 3.8) is 0 Å². The fourth-order valence-electron chi connectivity index (χ4n) is 2.17. The van der Waals surface area contributed by atoms with E-state index in [2.05, 4.69) is 0 Å². The number of hydrogen-bond donors (Lipinski definition) is 1. The molecule has 0 saturated heterocycles. The molecular weight excluding hydrogens is 332 g/mol. The van der Waals surface area contributed by atoms with E-state index in [1.165, 1.54) is 13.0 Å². The molecule has 7 nitrogen and oxygen atoms in total. The molecule has 2 aromatic carbocycles. The van der Waals surface area contributed by atoms with Crippen molar-refractivity contribution in [3.8, 4) is 0 Å². The molecule has 1 N–H and O–H groups in total. The molecule has 0 aliphatic carbocycles. The highest BCUT2D eigenvalue weighted by Crippen LogP contribution is 2.21. The fraction of sp³-hybridized carbons (Fsp3) is 0.188. The molecule has 0 spiro atoms. The second kappa shape index (κ2) is 6.40. The van der Waals surface area contributed by atoms with Gasteiger partial charge in [0.25, 0.3) is 21.6 Å². The maximum absolute atomic E-state index is 12.4. The molecule has 0 aliphatic heterocycles. The largest absolute Gasteiger partial charge is 0.269 e. The summed E-state index contributed by atoms with van der Waals surface area (Å²) < 4.78 is 26.7. The van der Waals surface area contributed by atoms with Crippen LogP contribution in [0.3, 0.4) is 0 Å². The predicted octanol–water partition coefficient (Wildman–Crippen LogP) is 2.64. The maximum Gasteiger partial charge on any atom is 0.269 e. The second-order valence-corrected chi connectivity index (χ2v) is 7.09. The van der Waals surface area contributed by atoms with Crippen LogP contribution in [-0.2, 0) is 10.0 Å². The Labute approximate surface area is 139 Å². The Morgan fingerprint density at radius 2 is 1.67 bits per heavy atom. The van der Waals surface area contributed by atoms with Crippen molar-refractivity contribution in [2.45, 2.75) is 25.7 Å². The van der Waals surface area contributed by atoms with Crippen molar-refractivity contribution in [1.82, 2.24) is 4.72 Å². The number of hydrogen-bond acceptors (Lipinski definition) is 5. The number of rotatable bonds is 4. The molecule has 8 heteroatoms. The minimum atomic E-state index is -4.13. The molecular formula is C16H16N2O5S. The standard InChI is InChI=1S/C16H16N2O5S/c1-10-4-5-13(8-11(10)2)16(19)17-24(22,23)15-7-6-14(18(20)21)9-12(15)3/h4-9H,1-3H3,(H,17,19). The minimum absolute atomic E-state index is 0.176. The number of aryl methyl sites for hydroxylation is 3. The molecule has 0 bridgehead atoms. The van der Waals surface area contributed by atoms with Gasteiger partial charge in [-0.2, -0.15) is 0 Å². The molecule has 0 atom stereocenters. The summed E-state index contributed by atoms with van der Waals surface area (Å²) in [5.74, 6) is -0.754. The van der Waals surface area contributed by atoms with Gasteiger partial charge in [0, 0.05) is 17.7 Å². The van der Waals surface area contributed by atoms with Gasteiger partial charge in [0.2, 0.25) is 0 Å². The number of carbonyl (C=O) groups is 1. The van der Waals surface area contributed by atoms with Gasteiger partial charge >= 0.3 is 0 Å². The van der Waals surface area contributed by atoms with Gasteiger partial charge < -0.3 is 0 Å². The first-order valence-corrected chi connectivity index (χ1v) is 8.49. The van der Waals surface area contributed by atoms with Crippen LogP contribution in [-0.4, -0.2) is 19.2 Å².